The van der Waals surface area contributed by atoms with Crippen LogP contribution in [0.4, 0.5) is 6.01 Å². The van der Waals surface area contributed by atoms with Crippen molar-refractivity contribution in [1.82, 2.24) is 10.2 Å². The van der Waals surface area contributed by atoms with Crippen molar-refractivity contribution in [2.24, 2.45) is 0 Å². The van der Waals surface area contributed by atoms with Gasteiger partial charge in [-0.25, -0.2) is 0 Å². The van der Waals surface area contributed by atoms with Gasteiger partial charge in [-0.15, -0.1) is 5.10 Å². The Kier molecular flexibility index (Phi) is 7.31. The maximum Gasteiger partial charge on any atom is 0.322 e. The van der Waals surface area contributed by atoms with Gasteiger partial charge in [0.15, 0.2) is 23.0 Å². The molecule has 1 N–H and O–H groups in total. The van der Waals surface area contributed by atoms with E-state index in [2.05, 4.69) is 15.5 Å². The van der Waals surface area contributed by atoms with E-state index in [1.165, 1.54) is 0 Å². The Bertz CT molecular complexity index is 1030. The summed E-state index contributed by atoms with van der Waals surface area (Å²) in [5.41, 5.74) is 1.41. The number of carbonyl (C=O) groups excluding carboxylic acids is 1. The molecule has 164 valence electrons. The maximum atomic E-state index is 12.4. The van der Waals surface area contributed by atoms with Crippen LogP contribution in [0.5, 0.6) is 23.0 Å². The third kappa shape index (κ3) is 5.44. The van der Waals surface area contributed by atoms with Gasteiger partial charge in [0.2, 0.25) is 11.8 Å². The molecule has 1 aromatic heterocycles. The summed E-state index contributed by atoms with van der Waals surface area (Å²) in [5, 5.41) is 10.5. The Labute approximate surface area is 180 Å². The average molecular weight is 427 g/mol. The van der Waals surface area contributed by atoms with Crippen LogP contribution in [0.25, 0.3) is 11.5 Å². The van der Waals surface area contributed by atoms with Crippen molar-refractivity contribution in [2.75, 3.05) is 32.8 Å². The van der Waals surface area contributed by atoms with E-state index in [0.717, 1.165) is 5.56 Å². The largest absolute Gasteiger partial charge is 0.493 e. The minimum atomic E-state index is -0.302. The summed E-state index contributed by atoms with van der Waals surface area (Å²) >= 11 is 0. The first-order chi connectivity index (χ1) is 15.1. The molecule has 0 unspecified atom stereocenters. The monoisotopic (exact) mass is 427 g/mol. The van der Waals surface area contributed by atoms with Gasteiger partial charge in [-0.1, -0.05) is 11.2 Å². The zero-order valence-corrected chi connectivity index (χ0v) is 17.9. The third-order valence-electron chi connectivity index (χ3n) is 4.27. The van der Waals surface area contributed by atoms with E-state index in [0.29, 0.717) is 41.8 Å². The minimum Gasteiger partial charge on any atom is -0.493 e. The molecule has 0 spiro atoms. The van der Waals surface area contributed by atoms with Gasteiger partial charge in [-0.05, 0) is 49.7 Å². The summed E-state index contributed by atoms with van der Waals surface area (Å²) < 4.78 is 27.2. The number of hydrogen-bond donors (Lipinski definition) is 1. The number of hydrogen-bond acceptors (Lipinski definition) is 8. The number of nitrogens with one attached hydrogen (secondary N) is 1. The number of nitrogens with zero attached hydrogens (tertiary/aromatic N) is 2. The highest BCUT2D eigenvalue weighted by atomic mass is 16.5. The smallest absolute Gasteiger partial charge is 0.322 e. The van der Waals surface area contributed by atoms with E-state index >= 15 is 0 Å². The lowest BCUT2D eigenvalue weighted by molar-refractivity contribution is -0.115. The summed E-state index contributed by atoms with van der Waals surface area (Å²) in [6.07, 6.45) is 0.107. The summed E-state index contributed by atoms with van der Waals surface area (Å²) in [7, 11) is 3.10. The van der Waals surface area contributed by atoms with Crippen LogP contribution in [-0.4, -0.2) is 43.5 Å². The molecule has 3 rings (SSSR count). The van der Waals surface area contributed by atoms with E-state index in [-0.39, 0.29) is 24.2 Å². The van der Waals surface area contributed by atoms with Crippen molar-refractivity contribution in [3.8, 4) is 34.5 Å². The van der Waals surface area contributed by atoms with Crippen LogP contribution in [0.3, 0.4) is 0 Å². The van der Waals surface area contributed by atoms with Gasteiger partial charge >= 0.3 is 6.01 Å². The molecule has 3 aromatic rings. The Balaban J connectivity index is 1.70. The molecule has 0 fully saturated rings. The summed E-state index contributed by atoms with van der Waals surface area (Å²) in [6, 6.07) is 10.6. The van der Waals surface area contributed by atoms with Gasteiger partial charge in [0.05, 0.1) is 33.9 Å². The molecular weight excluding hydrogens is 402 g/mol. The second kappa shape index (κ2) is 10.3. The molecule has 9 heteroatoms. The van der Waals surface area contributed by atoms with E-state index in [1.54, 1.807) is 50.6 Å². The fraction of sp³-hybridized carbons (Fsp3) is 0.318. The van der Waals surface area contributed by atoms with Gasteiger partial charge in [-0.3, -0.25) is 10.1 Å². The van der Waals surface area contributed by atoms with E-state index in [9.17, 15) is 4.79 Å². The Hall–Kier alpha value is -3.75. The number of aromatic nitrogens is 2. The van der Waals surface area contributed by atoms with Crippen LogP contribution in [0, 0.1) is 0 Å². The lowest BCUT2D eigenvalue weighted by Gasteiger charge is -2.11. The van der Waals surface area contributed by atoms with Crippen LogP contribution in [-0.2, 0) is 11.2 Å². The summed E-state index contributed by atoms with van der Waals surface area (Å²) in [6.45, 7) is 4.81. The zero-order valence-electron chi connectivity index (χ0n) is 17.9. The molecule has 0 saturated heterocycles. The molecule has 9 nitrogen and oxygen atoms in total. The van der Waals surface area contributed by atoms with Crippen LogP contribution in [0.2, 0.25) is 0 Å². The third-order valence-corrected chi connectivity index (χ3v) is 4.27. The number of methoxy groups -OCH3 is 2. The second-order valence-corrected chi connectivity index (χ2v) is 6.35. The first kappa shape index (κ1) is 21.9. The minimum absolute atomic E-state index is 0.00678. The van der Waals surface area contributed by atoms with Crippen molar-refractivity contribution >= 4 is 11.9 Å². The fourth-order valence-electron chi connectivity index (χ4n) is 2.91. The average Bonchev–Trinajstić information content (AvgIpc) is 3.23. The molecule has 1 heterocycles. The summed E-state index contributed by atoms with van der Waals surface area (Å²) in [5.74, 6) is 2.31. The number of anilines is 1. The predicted molar refractivity (Wildman–Crippen MR) is 114 cm³/mol. The molecule has 0 radical (unpaired) electrons. The first-order valence-corrected chi connectivity index (χ1v) is 9.82. The van der Waals surface area contributed by atoms with Crippen molar-refractivity contribution in [3.05, 3.63) is 42.0 Å². The quantitative estimate of drug-likeness (QED) is 0.522. The van der Waals surface area contributed by atoms with Crippen molar-refractivity contribution in [2.45, 2.75) is 20.3 Å². The molecule has 0 aliphatic carbocycles. The van der Waals surface area contributed by atoms with Gasteiger partial charge in [0, 0.05) is 5.56 Å². The number of carbonyl (C=O) groups is 1. The van der Waals surface area contributed by atoms with Gasteiger partial charge in [0.25, 0.3) is 0 Å². The van der Waals surface area contributed by atoms with Crippen molar-refractivity contribution in [3.63, 3.8) is 0 Å². The SMILES string of the molecule is CCOc1ccc(-c2nnc(NC(=O)Cc3ccc(OC)c(OC)c3)o2)cc1OCC. The lowest BCUT2D eigenvalue weighted by Crippen LogP contribution is -2.14. The van der Waals surface area contributed by atoms with Crippen LogP contribution >= 0.6 is 0 Å². The highest BCUT2D eigenvalue weighted by molar-refractivity contribution is 5.90. The molecule has 2 aromatic carbocycles. The van der Waals surface area contributed by atoms with Crippen LogP contribution in [0.1, 0.15) is 19.4 Å². The lowest BCUT2D eigenvalue weighted by atomic mass is 10.1. The van der Waals surface area contributed by atoms with E-state index in [4.69, 9.17) is 23.4 Å². The van der Waals surface area contributed by atoms with Gasteiger partial charge < -0.3 is 23.4 Å². The Morgan fingerprint density at radius 1 is 0.903 bits per heavy atom. The molecule has 0 aliphatic rings. The zero-order chi connectivity index (χ0) is 22.2. The van der Waals surface area contributed by atoms with Crippen molar-refractivity contribution < 1.29 is 28.2 Å². The van der Waals surface area contributed by atoms with E-state index in [1.807, 2.05) is 13.8 Å². The van der Waals surface area contributed by atoms with Crippen LogP contribution < -0.4 is 24.3 Å². The molecule has 1 amide bonds. The molecule has 31 heavy (non-hydrogen) atoms. The predicted octanol–water partition coefficient (Wildman–Crippen LogP) is 3.73. The number of amides is 1. The number of rotatable bonds is 10. The molecule has 0 atom stereocenters. The molecule has 0 bridgehead atoms. The fourth-order valence-corrected chi connectivity index (χ4v) is 2.91. The first-order valence-electron chi connectivity index (χ1n) is 9.82. The van der Waals surface area contributed by atoms with Gasteiger partial charge in [0.1, 0.15) is 0 Å². The molecule has 0 aliphatic heterocycles. The molecular formula is C22H25N3O6. The normalized spacial score (nSPS) is 10.5. The second-order valence-electron chi connectivity index (χ2n) is 6.35. The Morgan fingerprint density at radius 2 is 1.61 bits per heavy atom. The number of ether oxygens (including phenoxy) is 4. The van der Waals surface area contributed by atoms with Gasteiger partial charge in [-0.2, -0.15) is 0 Å². The summed E-state index contributed by atoms with van der Waals surface area (Å²) in [4.78, 5) is 12.4. The van der Waals surface area contributed by atoms with Crippen molar-refractivity contribution in [1.29, 1.82) is 0 Å². The maximum absolute atomic E-state index is 12.4. The highest BCUT2D eigenvalue weighted by Crippen LogP contribution is 2.33. The molecule has 0 saturated carbocycles. The van der Waals surface area contributed by atoms with E-state index < -0.39 is 0 Å². The van der Waals surface area contributed by atoms with Crippen LogP contribution in [0.15, 0.2) is 40.8 Å². The topological polar surface area (TPSA) is 105 Å². The standard InChI is InChI=1S/C22H25N3O6/c1-5-29-17-10-8-15(13-19(17)30-6-2)21-24-25-22(31-21)23-20(26)12-14-7-9-16(27-3)18(11-14)28-4/h7-11,13H,5-6,12H2,1-4H3,(H,23,25,26). The highest BCUT2D eigenvalue weighted by Gasteiger charge is 2.15. The Morgan fingerprint density at radius 3 is 2.32 bits per heavy atom. The number of benzene rings is 2.